The van der Waals surface area contributed by atoms with Crippen LogP contribution in [-0.4, -0.2) is 30.1 Å². The molecule has 0 saturated carbocycles. The second-order valence-corrected chi connectivity index (χ2v) is 5.80. The molecule has 0 radical (unpaired) electrons. The average molecular weight is 339 g/mol. The number of hydrogen-bond donors (Lipinski definition) is 2. The molecule has 7 heteroatoms. The molecule has 0 amide bonds. The molecule has 0 aliphatic carbocycles. The van der Waals surface area contributed by atoms with Gasteiger partial charge in [0.15, 0.2) is 11.5 Å². The molecule has 0 aliphatic heterocycles. The summed E-state index contributed by atoms with van der Waals surface area (Å²) in [4.78, 5) is 17.7. The zero-order chi connectivity index (χ0) is 17.3. The van der Waals surface area contributed by atoms with Crippen molar-refractivity contribution in [1.82, 2.24) is 30.1 Å². The van der Waals surface area contributed by atoms with Crippen molar-refractivity contribution in [3.63, 3.8) is 0 Å². The summed E-state index contributed by atoms with van der Waals surface area (Å²) in [5, 5.41) is 12.3. The summed E-state index contributed by atoms with van der Waals surface area (Å²) in [5.41, 5.74) is 3.44. The number of aromatic amines is 1. The number of nitrogens with one attached hydrogen (secondary N) is 2. The van der Waals surface area contributed by atoms with E-state index in [1.165, 1.54) is 0 Å². The lowest BCUT2D eigenvalue weighted by Gasteiger charge is -2.10. The highest BCUT2D eigenvalue weighted by molar-refractivity contribution is 5.91. The first-order valence-electron chi connectivity index (χ1n) is 8.10. The molecule has 0 atom stereocenters. The molecule has 0 bridgehead atoms. The van der Waals surface area contributed by atoms with Crippen LogP contribution < -0.4 is 5.32 Å². The molecule has 26 heavy (non-hydrogen) atoms. The summed E-state index contributed by atoms with van der Waals surface area (Å²) in [7, 11) is 0. The molecule has 5 rings (SSSR count). The van der Waals surface area contributed by atoms with Crippen LogP contribution in [0.5, 0.6) is 0 Å². The Hall–Kier alpha value is -3.87. The second-order valence-electron chi connectivity index (χ2n) is 5.80. The van der Waals surface area contributed by atoms with Crippen LogP contribution in [0.15, 0.2) is 67.3 Å². The summed E-state index contributed by atoms with van der Waals surface area (Å²) >= 11 is 0. The second kappa shape index (κ2) is 5.89. The van der Waals surface area contributed by atoms with Crippen LogP contribution in [-0.2, 0) is 0 Å². The highest BCUT2D eigenvalue weighted by atomic mass is 15.1. The maximum absolute atomic E-state index is 4.72. The molecule has 0 spiro atoms. The lowest BCUT2D eigenvalue weighted by molar-refractivity contribution is 1.12. The van der Waals surface area contributed by atoms with Crippen molar-refractivity contribution < 1.29 is 0 Å². The fourth-order valence-electron chi connectivity index (χ4n) is 2.84. The molecular weight excluding hydrogens is 326 g/mol. The third-order valence-electron chi connectivity index (χ3n) is 4.11. The number of benzene rings is 1. The quantitative estimate of drug-likeness (QED) is 0.520. The SMILES string of the molecule is c1cnc2nc(-c3ccncc3)nc(Nc3ccc4[nH]ncc4c3)c2c1. The molecule has 5 aromatic rings. The molecule has 0 fully saturated rings. The van der Waals surface area contributed by atoms with E-state index in [4.69, 9.17) is 4.98 Å². The first kappa shape index (κ1) is 14.5. The van der Waals surface area contributed by atoms with Crippen molar-refractivity contribution in [3.8, 4) is 11.4 Å². The number of rotatable bonds is 3. The van der Waals surface area contributed by atoms with Crippen LogP contribution in [0.4, 0.5) is 11.5 Å². The highest BCUT2D eigenvalue weighted by Gasteiger charge is 2.11. The topological polar surface area (TPSA) is 92.3 Å². The Morgan fingerprint density at radius 1 is 0.923 bits per heavy atom. The van der Waals surface area contributed by atoms with Gasteiger partial charge in [0.1, 0.15) is 5.82 Å². The lowest BCUT2D eigenvalue weighted by atomic mass is 10.2. The Morgan fingerprint density at radius 3 is 2.77 bits per heavy atom. The van der Waals surface area contributed by atoms with E-state index < -0.39 is 0 Å². The van der Waals surface area contributed by atoms with E-state index in [1.54, 1.807) is 24.8 Å². The zero-order valence-corrected chi connectivity index (χ0v) is 13.6. The van der Waals surface area contributed by atoms with Gasteiger partial charge in [-0.05, 0) is 42.5 Å². The predicted octanol–water partition coefficient (Wildman–Crippen LogP) is 3.71. The number of fused-ring (bicyclic) bond motifs is 2. The van der Waals surface area contributed by atoms with E-state index in [0.717, 1.165) is 27.5 Å². The molecule has 0 unspecified atom stereocenters. The fourth-order valence-corrected chi connectivity index (χ4v) is 2.84. The summed E-state index contributed by atoms with van der Waals surface area (Å²) < 4.78 is 0. The van der Waals surface area contributed by atoms with E-state index >= 15 is 0 Å². The number of H-pyrrole nitrogens is 1. The minimum Gasteiger partial charge on any atom is -0.340 e. The standard InChI is InChI=1S/C19H13N7/c1-2-15-18(21-7-1)24-17(12-5-8-20-9-6-12)25-19(15)23-14-3-4-16-13(10-14)11-22-26-16/h1-11H,(H,22,26)(H,21,23,24,25). The largest absolute Gasteiger partial charge is 0.340 e. The third kappa shape index (κ3) is 2.51. The van der Waals surface area contributed by atoms with Gasteiger partial charge in [0.2, 0.25) is 0 Å². The lowest BCUT2D eigenvalue weighted by Crippen LogP contribution is -2.00. The maximum atomic E-state index is 4.72. The first-order valence-corrected chi connectivity index (χ1v) is 8.10. The Kier molecular flexibility index (Phi) is 3.28. The molecule has 7 nitrogen and oxygen atoms in total. The summed E-state index contributed by atoms with van der Waals surface area (Å²) in [6.07, 6.45) is 6.97. The first-order chi connectivity index (χ1) is 12.9. The van der Waals surface area contributed by atoms with Gasteiger partial charge in [-0.1, -0.05) is 0 Å². The average Bonchev–Trinajstić information content (AvgIpc) is 3.16. The molecule has 2 N–H and O–H groups in total. The number of pyridine rings is 2. The number of anilines is 2. The van der Waals surface area contributed by atoms with Crippen molar-refractivity contribution in [3.05, 3.63) is 67.3 Å². The van der Waals surface area contributed by atoms with Crippen LogP contribution in [0, 0.1) is 0 Å². The third-order valence-corrected chi connectivity index (χ3v) is 4.11. The minimum absolute atomic E-state index is 0.602. The molecule has 0 aliphatic rings. The fraction of sp³-hybridized carbons (Fsp3) is 0. The molecular formula is C19H13N7. The van der Waals surface area contributed by atoms with E-state index in [2.05, 4.69) is 30.5 Å². The number of hydrogen-bond acceptors (Lipinski definition) is 6. The summed E-state index contributed by atoms with van der Waals surface area (Å²) in [5.74, 6) is 1.31. The van der Waals surface area contributed by atoms with Gasteiger partial charge in [-0.15, -0.1) is 0 Å². The van der Waals surface area contributed by atoms with Crippen LogP contribution in [0.2, 0.25) is 0 Å². The highest BCUT2D eigenvalue weighted by Crippen LogP contribution is 2.27. The summed E-state index contributed by atoms with van der Waals surface area (Å²) in [6, 6.07) is 13.6. The van der Waals surface area contributed by atoms with Crippen molar-refractivity contribution in [2.75, 3.05) is 5.32 Å². The Labute approximate surface area is 148 Å². The monoisotopic (exact) mass is 339 g/mol. The Balaban J connectivity index is 1.65. The van der Waals surface area contributed by atoms with Crippen molar-refractivity contribution in [2.45, 2.75) is 0 Å². The molecule has 124 valence electrons. The van der Waals surface area contributed by atoms with E-state index in [9.17, 15) is 0 Å². The van der Waals surface area contributed by atoms with E-state index in [0.29, 0.717) is 17.3 Å². The normalized spacial score (nSPS) is 11.1. The molecule has 1 aromatic carbocycles. The van der Waals surface area contributed by atoms with Crippen molar-refractivity contribution in [1.29, 1.82) is 0 Å². The predicted molar refractivity (Wildman–Crippen MR) is 99.9 cm³/mol. The Morgan fingerprint density at radius 2 is 1.85 bits per heavy atom. The molecule has 4 aromatic heterocycles. The van der Waals surface area contributed by atoms with Crippen molar-refractivity contribution in [2.24, 2.45) is 0 Å². The van der Waals surface area contributed by atoms with Crippen LogP contribution >= 0.6 is 0 Å². The van der Waals surface area contributed by atoms with Gasteiger partial charge >= 0.3 is 0 Å². The zero-order valence-electron chi connectivity index (χ0n) is 13.6. The smallest absolute Gasteiger partial charge is 0.165 e. The Bertz CT molecular complexity index is 1210. The minimum atomic E-state index is 0.602. The van der Waals surface area contributed by atoms with Gasteiger partial charge in [-0.25, -0.2) is 15.0 Å². The van der Waals surface area contributed by atoms with Gasteiger partial charge in [0.05, 0.1) is 17.1 Å². The van der Waals surface area contributed by atoms with Crippen molar-refractivity contribution >= 4 is 33.4 Å². The van der Waals surface area contributed by atoms with Gasteiger partial charge < -0.3 is 5.32 Å². The van der Waals surface area contributed by atoms with Gasteiger partial charge in [-0.3, -0.25) is 10.1 Å². The van der Waals surface area contributed by atoms with Crippen LogP contribution in [0.3, 0.4) is 0 Å². The molecule has 4 heterocycles. The number of nitrogens with zero attached hydrogens (tertiary/aromatic N) is 5. The van der Waals surface area contributed by atoms with Gasteiger partial charge in [0, 0.05) is 35.2 Å². The van der Waals surface area contributed by atoms with E-state index in [1.807, 2.05) is 42.5 Å². The summed E-state index contributed by atoms with van der Waals surface area (Å²) in [6.45, 7) is 0. The number of aromatic nitrogens is 6. The maximum Gasteiger partial charge on any atom is 0.165 e. The molecule has 0 saturated heterocycles. The van der Waals surface area contributed by atoms with Gasteiger partial charge in [-0.2, -0.15) is 5.10 Å². The van der Waals surface area contributed by atoms with Gasteiger partial charge in [0.25, 0.3) is 0 Å². The van der Waals surface area contributed by atoms with E-state index in [-0.39, 0.29) is 0 Å². The van der Waals surface area contributed by atoms with Crippen LogP contribution in [0.25, 0.3) is 33.3 Å². The van der Waals surface area contributed by atoms with Crippen LogP contribution in [0.1, 0.15) is 0 Å².